The molecule has 3 heterocycles. The average molecular weight is 390 g/mol. The van der Waals surface area contributed by atoms with E-state index in [1.165, 1.54) is 18.3 Å². The second-order valence-electron chi connectivity index (χ2n) is 7.20. The highest BCUT2D eigenvalue weighted by Crippen LogP contribution is 2.20. The maximum atomic E-state index is 13.1. The topological polar surface area (TPSA) is 69.0 Å². The Hall–Kier alpha value is -3.35. The minimum Gasteiger partial charge on any atom is -0.353 e. The van der Waals surface area contributed by atoms with Gasteiger partial charge in [0.15, 0.2) is 5.82 Å². The number of nitrogens with zero attached hydrogens (tertiary/aromatic N) is 5. The van der Waals surface area contributed by atoms with Crippen molar-refractivity contribution >= 4 is 17.9 Å². The van der Waals surface area contributed by atoms with Gasteiger partial charge in [-0.3, -0.25) is 0 Å². The first-order valence-corrected chi connectivity index (χ1v) is 9.66. The van der Waals surface area contributed by atoms with Crippen LogP contribution in [-0.2, 0) is 6.42 Å². The van der Waals surface area contributed by atoms with Gasteiger partial charge < -0.3 is 15.2 Å². The van der Waals surface area contributed by atoms with Crippen molar-refractivity contribution in [1.29, 1.82) is 5.41 Å². The van der Waals surface area contributed by atoms with Crippen molar-refractivity contribution < 1.29 is 4.39 Å². The number of piperazine rings is 1. The van der Waals surface area contributed by atoms with Crippen molar-refractivity contribution in [2.45, 2.75) is 13.3 Å². The molecule has 2 aromatic heterocycles. The highest BCUT2D eigenvalue weighted by molar-refractivity contribution is 5.76. The van der Waals surface area contributed by atoms with E-state index >= 15 is 0 Å². The first-order chi connectivity index (χ1) is 14.1. The van der Waals surface area contributed by atoms with Gasteiger partial charge in [0.1, 0.15) is 11.6 Å². The molecule has 1 aliphatic rings. The summed E-state index contributed by atoms with van der Waals surface area (Å²) in [4.78, 5) is 8.93. The third kappa shape index (κ3) is 4.39. The number of pyridine rings is 1. The molecule has 3 aromatic rings. The van der Waals surface area contributed by atoms with Gasteiger partial charge >= 0.3 is 0 Å². The summed E-state index contributed by atoms with van der Waals surface area (Å²) < 4.78 is 13.1. The van der Waals surface area contributed by atoms with Gasteiger partial charge in [-0.25, -0.2) is 9.37 Å². The Bertz CT molecular complexity index is 979. The van der Waals surface area contributed by atoms with Gasteiger partial charge in [-0.1, -0.05) is 12.1 Å². The van der Waals surface area contributed by atoms with Crippen molar-refractivity contribution in [2.75, 3.05) is 36.0 Å². The van der Waals surface area contributed by atoms with E-state index in [0.717, 1.165) is 60.2 Å². The smallest absolute Gasteiger partial charge is 0.151 e. The Morgan fingerprint density at radius 2 is 1.66 bits per heavy atom. The van der Waals surface area contributed by atoms with Crippen molar-refractivity contribution in [3.63, 3.8) is 0 Å². The van der Waals surface area contributed by atoms with Crippen LogP contribution in [0.4, 0.5) is 16.0 Å². The third-order valence-corrected chi connectivity index (χ3v) is 5.22. The van der Waals surface area contributed by atoms with E-state index in [0.29, 0.717) is 6.42 Å². The molecule has 0 radical (unpaired) electrons. The molecule has 0 aliphatic carbocycles. The third-order valence-electron chi connectivity index (χ3n) is 5.22. The second kappa shape index (κ2) is 8.34. The van der Waals surface area contributed by atoms with E-state index in [9.17, 15) is 4.39 Å². The lowest BCUT2D eigenvalue weighted by molar-refractivity contribution is 0.627. The van der Waals surface area contributed by atoms with Gasteiger partial charge in [0.05, 0.1) is 5.69 Å². The molecule has 0 unspecified atom stereocenters. The largest absolute Gasteiger partial charge is 0.353 e. The monoisotopic (exact) mass is 390 g/mol. The van der Waals surface area contributed by atoms with Crippen LogP contribution in [0, 0.1) is 18.2 Å². The highest BCUT2D eigenvalue weighted by atomic mass is 19.1. The first kappa shape index (κ1) is 19.0. The van der Waals surface area contributed by atoms with Crippen LogP contribution in [0.15, 0.2) is 48.7 Å². The summed E-state index contributed by atoms with van der Waals surface area (Å²) in [6.45, 7) is 5.45. The molecule has 0 saturated carbocycles. The maximum absolute atomic E-state index is 13.1. The molecule has 0 bridgehead atoms. The molecular weight excluding hydrogens is 367 g/mol. The molecule has 1 saturated heterocycles. The summed E-state index contributed by atoms with van der Waals surface area (Å²) in [6.07, 6.45) is 3.67. The minimum atomic E-state index is -0.230. The SMILES string of the molecule is Cc1cc(N2CCN(c3ccc(C=N)cn3)CC2)nnc1Cc1ccc(F)cc1. The first-order valence-electron chi connectivity index (χ1n) is 9.66. The lowest BCUT2D eigenvalue weighted by Gasteiger charge is -2.36. The predicted molar refractivity (Wildman–Crippen MR) is 113 cm³/mol. The van der Waals surface area contributed by atoms with Gasteiger partial charge in [-0.05, 0) is 48.4 Å². The van der Waals surface area contributed by atoms with Crippen LogP contribution in [0.5, 0.6) is 0 Å². The van der Waals surface area contributed by atoms with Crippen molar-refractivity contribution in [3.8, 4) is 0 Å². The number of hydrogen-bond acceptors (Lipinski definition) is 6. The molecule has 6 nitrogen and oxygen atoms in total. The average Bonchev–Trinajstić information content (AvgIpc) is 2.77. The van der Waals surface area contributed by atoms with Gasteiger partial charge in [0.25, 0.3) is 0 Å². The number of hydrogen-bond donors (Lipinski definition) is 1. The Kier molecular flexibility index (Phi) is 5.46. The molecular formula is C22H23FN6. The molecule has 0 spiro atoms. The molecule has 7 heteroatoms. The Labute approximate surface area is 169 Å². The van der Waals surface area contributed by atoms with Crippen LogP contribution in [0.25, 0.3) is 0 Å². The summed E-state index contributed by atoms with van der Waals surface area (Å²) in [5, 5.41) is 16.1. The Morgan fingerprint density at radius 1 is 0.966 bits per heavy atom. The zero-order valence-corrected chi connectivity index (χ0v) is 16.3. The molecule has 0 amide bonds. The number of benzene rings is 1. The van der Waals surface area contributed by atoms with E-state index in [1.807, 2.05) is 19.1 Å². The van der Waals surface area contributed by atoms with Crippen molar-refractivity contribution in [1.82, 2.24) is 15.2 Å². The molecule has 1 N–H and O–H groups in total. The maximum Gasteiger partial charge on any atom is 0.151 e. The van der Waals surface area contributed by atoms with E-state index in [2.05, 4.69) is 31.0 Å². The quantitative estimate of drug-likeness (QED) is 0.678. The second-order valence-corrected chi connectivity index (χ2v) is 7.20. The summed E-state index contributed by atoms with van der Waals surface area (Å²) in [7, 11) is 0. The summed E-state index contributed by atoms with van der Waals surface area (Å²) in [5.41, 5.74) is 3.82. The summed E-state index contributed by atoms with van der Waals surface area (Å²) in [6, 6.07) is 12.5. The lowest BCUT2D eigenvalue weighted by atomic mass is 10.1. The standard InChI is InChI=1S/C22H23FN6/c1-16-12-22(27-26-20(16)13-17-2-5-19(23)6-3-17)29-10-8-28(9-11-29)21-7-4-18(14-24)15-25-21/h2-7,12,14-15,24H,8-11,13H2,1H3. The van der Waals surface area contributed by atoms with Crippen LogP contribution >= 0.6 is 0 Å². The number of halogens is 1. The van der Waals surface area contributed by atoms with Gasteiger partial charge in [0, 0.05) is 50.6 Å². The van der Waals surface area contributed by atoms with Gasteiger partial charge in [-0.2, -0.15) is 5.10 Å². The fourth-order valence-electron chi connectivity index (χ4n) is 3.46. The lowest BCUT2D eigenvalue weighted by Crippen LogP contribution is -2.47. The fourth-order valence-corrected chi connectivity index (χ4v) is 3.46. The Morgan fingerprint density at radius 3 is 2.24 bits per heavy atom. The molecule has 1 fully saturated rings. The molecule has 0 atom stereocenters. The van der Waals surface area contributed by atoms with Crippen LogP contribution in [0.3, 0.4) is 0 Å². The fraction of sp³-hybridized carbons (Fsp3) is 0.273. The van der Waals surface area contributed by atoms with E-state index < -0.39 is 0 Å². The number of rotatable bonds is 5. The predicted octanol–water partition coefficient (Wildman–Crippen LogP) is 3.23. The molecule has 29 heavy (non-hydrogen) atoms. The van der Waals surface area contributed by atoms with E-state index in [1.54, 1.807) is 18.3 Å². The zero-order chi connectivity index (χ0) is 20.2. The van der Waals surface area contributed by atoms with Gasteiger partial charge in [0.2, 0.25) is 0 Å². The summed E-state index contributed by atoms with van der Waals surface area (Å²) >= 11 is 0. The normalized spacial score (nSPS) is 14.1. The number of aryl methyl sites for hydroxylation is 1. The summed E-state index contributed by atoms with van der Waals surface area (Å²) in [5.74, 6) is 1.59. The number of aromatic nitrogens is 3. The van der Waals surface area contributed by atoms with Crippen molar-refractivity contribution in [2.24, 2.45) is 0 Å². The Balaban J connectivity index is 1.39. The zero-order valence-electron chi connectivity index (χ0n) is 16.3. The van der Waals surface area contributed by atoms with E-state index in [4.69, 9.17) is 5.41 Å². The highest BCUT2D eigenvalue weighted by Gasteiger charge is 2.20. The number of anilines is 2. The van der Waals surface area contributed by atoms with Gasteiger partial charge in [-0.15, -0.1) is 5.10 Å². The van der Waals surface area contributed by atoms with Crippen LogP contribution in [0.1, 0.15) is 22.4 Å². The van der Waals surface area contributed by atoms with Crippen LogP contribution < -0.4 is 9.80 Å². The minimum absolute atomic E-state index is 0.230. The molecule has 4 rings (SSSR count). The molecule has 1 aliphatic heterocycles. The number of nitrogens with one attached hydrogen (secondary N) is 1. The molecule has 148 valence electrons. The van der Waals surface area contributed by atoms with Crippen molar-refractivity contribution in [3.05, 3.63) is 76.9 Å². The van der Waals surface area contributed by atoms with E-state index in [-0.39, 0.29) is 5.82 Å². The van der Waals surface area contributed by atoms with Crippen LogP contribution in [-0.4, -0.2) is 47.6 Å². The molecule has 1 aromatic carbocycles. The van der Waals surface area contributed by atoms with Crippen LogP contribution in [0.2, 0.25) is 0 Å².